The highest BCUT2D eigenvalue weighted by atomic mass is 79.9. The molecule has 0 aliphatic rings. The summed E-state index contributed by atoms with van der Waals surface area (Å²) in [5.74, 6) is 0. The predicted molar refractivity (Wildman–Crippen MR) is 80.0 cm³/mol. The van der Waals surface area contributed by atoms with E-state index in [4.69, 9.17) is 0 Å². The van der Waals surface area contributed by atoms with Gasteiger partial charge in [0.1, 0.15) is 0 Å². The molecule has 4 nitrogen and oxygen atoms in total. The van der Waals surface area contributed by atoms with Gasteiger partial charge in [-0.25, -0.2) is 0 Å². The molecule has 1 N–H and O–H groups in total. The van der Waals surface area contributed by atoms with Crippen LogP contribution in [-0.2, 0) is 19.9 Å². The van der Waals surface area contributed by atoms with Crippen molar-refractivity contribution in [2.24, 2.45) is 7.05 Å². The van der Waals surface area contributed by atoms with E-state index in [1.54, 1.807) is 6.20 Å². The topological polar surface area (TPSA) is 42.7 Å². The highest BCUT2D eigenvalue weighted by Gasteiger charge is 2.17. The molecule has 0 radical (unpaired) electrons. The third-order valence-corrected chi connectivity index (χ3v) is 4.25. The molecule has 0 spiro atoms. The molecule has 1 unspecified atom stereocenters. The van der Waals surface area contributed by atoms with Crippen LogP contribution < -0.4 is 5.32 Å². The summed E-state index contributed by atoms with van der Waals surface area (Å²) < 4.78 is 3.09. The third kappa shape index (κ3) is 3.04. The van der Waals surface area contributed by atoms with Gasteiger partial charge in [-0.2, -0.15) is 5.10 Å². The van der Waals surface area contributed by atoms with Gasteiger partial charge in [-0.05, 0) is 41.0 Å². The Morgan fingerprint density at radius 1 is 1.47 bits per heavy atom. The van der Waals surface area contributed by atoms with Crippen molar-refractivity contribution < 1.29 is 0 Å². The predicted octanol–water partition coefficient (Wildman–Crippen LogP) is 2.64. The van der Waals surface area contributed by atoms with Gasteiger partial charge in [0, 0.05) is 31.9 Å². The molecule has 2 aromatic rings. The fraction of sp³-hybridized carbons (Fsp3) is 0.429. The Balaban J connectivity index is 2.26. The van der Waals surface area contributed by atoms with Gasteiger partial charge in [-0.3, -0.25) is 9.67 Å². The number of likely N-dealkylation sites (N-methyl/N-ethyl adjacent to an activating group) is 1. The quantitative estimate of drug-likeness (QED) is 0.920. The van der Waals surface area contributed by atoms with Crippen molar-refractivity contribution in [2.75, 3.05) is 7.05 Å². The number of pyridine rings is 1. The minimum absolute atomic E-state index is 0.241. The van der Waals surface area contributed by atoms with Crippen LogP contribution in [0.1, 0.15) is 29.9 Å². The summed E-state index contributed by atoms with van der Waals surface area (Å²) in [6.07, 6.45) is 5.52. The Hall–Kier alpha value is -1.20. The van der Waals surface area contributed by atoms with Crippen molar-refractivity contribution in [1.29, 1.82) is 0 Å². The van der Waals surface area contributed by atoms with Gasteiger partial charge in [-0.15, -0.1) is 0 Å². The number of hydrogen-bond acceptors (Lipinski definition) is 3. The smallest absolute Gasteiger partial charge is 0.0766 e. The molecule has 2 rings (SSSR count). The summed E-state index contributed by atoms with van der Waals surface area (Å²) in [4.78, 5) is 4.19. The van der Waals surface area contributed by atoms with Gasteiger partial charge in [0.05, 0.1) is 15.9 Å². The minimum Gasteiger partial charge on any atom is -0.313 e. The molecule has 0 aromatic carbocycles. The summed E-state index contributed by atoms with van der Waals surface area (Å²) in [5, 5.41) is 7.88. The highest BCUT2D eigenvalue weighted by molar-refractivity contribution is 9.10. The van der Waals surface area contributed by atoms with Crippen LogP contribution in [0.5, 0.6) is 0 Å². The second-order valence-electron chi connectivity index (χ2n) is 4.52. The first-order valence-corrected chi connectivity index (χ1v) is 7.24. The van der Waals surface area contributed by atoms with E-state index in [1.165, 1.54) is 11.3 Å². The largest absolute Gasteiger partial charge is 0.313 e. The zero-order valence-corrected chi connectivity index (χ0v) is 13.1. The summed E-state index contributed by atoms with van der Waals surface area (Å²) >= 11 is 3.67. The highest BCUT2D eigenvalue weighted by Crippen LogP contribution is 2.26. The maximum atomic E-state index is 4.54. The van der Waals surface area contributed by atoms with E-state index in [0.717, 1.165) is 23.0 Å². The number of rotatable bonds is 5. The average molecular weight is 323 g/mol. The van der Waals surface area contributed by atoms with E-state index in [1.807, 2.05) is 31.0 Å². The monoisotopic (exact) mass is 322 g/mol. The molecule has 0 saturated carbocycles. The lowest BCUT2D eigenvalue weighted by atomic mass is 10.0. The van der Waals surface area contributed by atoms with Gasteiger partial charge in [-0.1, -0.05) is 13.0 Å². The number of aryl methyl sites for hydroxylation is 2. The molecular weight excluding hydrogens is 304 g/mol. The Labute approximate surface area is 122 Å². The standard InChI is InChI=1S/C14H19BrN4/c1-4-11-14(15)13(19(3)18-11)8-12(16-2)10-6-5-7-17-9-10/h5-7,9,12,16H,4,8H2,1-3H3. The second kappa shape index (κ2) is 6.30. The number of nitrogens with one attached hydrogen (secondary N) is 1. The first-order chi connectivity index (χ1) is 9.17. The Morgan fingerprint density at radius 3 is 2.79 bits per heavy atom. The molecule has 2 heterocycles. The molecule has 0 aliphatic heterocycles. The lowest BCUT2D eigenvalue weighted by Gasteiger charge is -2.16. The second-order valence-corrected chi connectivity index (χ2v) is 5.31. The summed E-state index contributed by atoms with van der Waals surface area (Å²) in [5.41, 5.74) is 3.51. The molecule has 102 valence electrons. The van der Waals surface area contributed by atoms with Crippen molar-refractivity contribution in [3.05, 3.63) is 46.0 Å². The van der Waals surface area contributed by atoms with Gasteiger partial charge in [0.15, 0.2) is 0 Å². The van der Waals surface area contributed by atoms with E-state index < -0.39 is 0 Å². The molecule has 0 fully saturated rings. The molecule has 1 atom stereocenters. The average Bonchev–Trinajstić information content (AvgIpc) is 2.72. The lowest BCUT2D eigenvalue weighted by Crippen LogP contribution is -2.20. The van der Waals surface area contributed by atoms with Gasteiger partial charge in [0.25, 0.3) is 0 Å². The Morgan fingerprint density at radius 2 is 2.26 bits per heavy atom. The molecule has 0 saturated heterocycles. The van der Waals surface area contributed by atoms with E-state index >= 15 is 0 Å². The number of hydrogen-bond donors (Lipinski definition) is 1. The molecule has 2 aromatic heterocycles. The van der Waals surface area contributed by atoms with Gasteiger partial charge < -0.3 is 5.32 Å². The third-order valence-electron chi connectivity index (χ3n) is 3.34. The van der Waals surface area contributed by atoms with Gasteiger partial charge >= 0.3 is 0 Å². The van der Waals surface area contributed by atoms with E-state index in [-0.39, 0.29) is 6.04 Å². The molecule has 0 bridgehead atoms. The fourth-order valence-corrected chi connectivity index (χ4v) is 2.98. The van der Waals surface area contributed by atoms with E-state index in [0.29, 0.717) is 0 Å². The van der Waals surface area contributed by atoms with Crippen molar-refractivity contribution in [1.82, 2.24) is 20.1 Å². The molecular formula is C14H19BrN4. The first-order valence-electron chi connectivity index (χ1n) is 6.44. The first kappa shape index (κ1) is 14.2. The van der Waals surface area contributed by atoms with Crippen LogP contribution in [0.3, 0.4) is 0 Å². The van der Waals surface area contributed by atoms with Crippen LogP contribution in [0.25, 0.3) is 0 Å². The lowest BCUT2D eigenvalue weighted by molar-refractivity contribution is 0.558. The summed E-state index contributed by atoms with van der Waals surface area (Å²) in [6.45, 7) is 2.12. The maximum absolute atomic E-state index is 4.54. The van der Waals surface area contributed by atoms with Crippen molar-refractivity contribution in [3.8, 4) is 0 Å². The van der Waals surface area contributed by atoms with E-state index in [9.17, 15) is 0 Å². The maximum Gasteiger partial charge on any atom is 0.0766 e. The van der Waals surface area contributed by atoms with E-state index in [2.05, 4.69) is 44.3 Å². The SMILES string of the molecule is CCc1nn(C)c(CC(NC)c2cccnc2)c1Br. The van der Waals surface area contributed by atoms with Crippen LogP contribution in [0.4, 0.5) is 0 Å². The Bertz CT molecular complexity index is 536. The molecule has 0 aliphatic carbocycles. The number of nitrogens with zero attached hydrogens (tertiary/aromatic N) is 3. The Kier molecular flexibility index (Phi) is 4.71. The summed E-state index contributed by atoms with van der Waals surface area (Å²) in [7, 11) is 3.97. The van der Waals surface area contributed by atoms with Crippen molar-refractivity contribution in [2.45, 2.75) is 25.8 Å². The van der Waals surface area contributed by atoms with Crippen molar-refractivity contribution >= 4 is 15.9 Å². The fourth-order valence-electron chi connectivity index (χ4n) is 2.20. The molecule has 5 heteroatoms. The van der Waals surface area contributed by atoms with Crippen molar-refractivity contribution in [3.63, 3.8) is 0 Å². The van der Waals surface area contributed by atoms with Gasteiger partial charge in [0.2, 0.25) is 0 Å². The van der Waals surface area contributed by atoms with Crippen LogP contribution in [0.2, 0.25) is 0 Å². The summed E-state index contributed by atoms with van der Waals surface area (Å²) in [6, 6.07) is 4.30. The van der Waals surface area contributed by atoms with Crippen LogP contribution in [-0.4, -0.2) is 21.8 Å². The zero-order chi connectivity index (χ0) is 13.8. The number of halogens is 1. The van der Waals surface area contributed by atoms with Crippen LogP contribution >= 0.6 is 15.9 Å². The molecule has 19 heavy (non-hydrogen) atoms. The van der Waals surface area contributed by atoms with Crippen LogP contribution in [0, 0.1) is 0 Å². The minimum atomic E-state index is 0.241. The molecule has 0 amide bonds. The number of aromatic nitrogens is 3. The zero-order valence-electron chi connectivity index (χ0n) is 11.5. The van der Waals surface area contributed by atoms with Crippen LogP contribution in [0.15, 0.2) is 29.0 Å². The normalized spacial score (nSPS) is 12.6.